The van der Waals surface area contributed by atoms with E-state index >= 15 is 0 Å². The fourth-order valence-electron chi connectivity index (χ4n) is 1.92. The molecule has 0 heterocycles. The maximum absolute atomic E-state index is 10.9. The summed E-state index contributed by atoms with van der Waals surface area (Å²) in [4.78, 5) is 10.9. The first kappa shape index (κ1) is 13.7. The molecule has 0 saturated carbocycles. The third-order valence-corrected chi connectivity index (χ3v) is 2.94. The number of aromatic hydroxyl groups is 1. The monoisotopic (exact) mass is 274 g/mol. The Bertz CT molecular complexity index is 649. The summed E-state index contributed by atoms with van der Waals surface area (Å²) < 4.78 is 10.4. The van der Waals surface area contributed by atoms with Crippen LogP contribution >= 0.6 is 0 Å². The first-order valence-electron chi connectivity index (χ1n) is 5.85. The van der Waals surface area contributed by atoms with Gasteiger partial charge in [-0.05, 0) is 36.4 Å². The number of benzene rings is 2. The molecule has 2 aromatic rings. The number of carbonyl (C=O) groups is 1. The molecule has 0 aliphatic rings. The van der Waals surface area contributed by atoms with Gasteiger partial charge in [-0.15, -0.1) is 0 Å². The van der Waals surface area contributed by atoms with E-state index in [1.54, 1.807) is 25.3 Å². The van der Waals surface area contributed by atoms with Gasteiger partial charge < -0.3 is 19.7 Å². The Morgan fingerprint density at radius 1 is 1.00 bits per heavy atom. The number of phenolic OH excluding ortho intramolecular Hbond substituents is 1. The molecule has 0 amide bonds. The molecule has 0 unspecified atom stereocenters. The maximum atomic E-state index is 10.9. The van der Waals surface area contributed by atoms with Gasteiger partial charge in [0.25, 0.3) is 0 Å². The van der Waals surface area contributed by atoms with Gasteiger partial charge in [0.05, 0.1) is 19.8 Å². The molecule has 0 aliphatic carbocycles. The summed E-state index contributed by atoms with van der Waals surface area (Å²) in [5, 5.41) is 18.9. The van der Waals surface area contributed by atoms with Crippen molar-refractivity contribution in [2.45, 2.75) is 0 Å². The van der Waals surface area contributed by atoms with Crippen molar-refractivity contribution < 1.29 is 24.5 Å². The van der Waals surface area contributed by atoms with Crippen LogP contribution in [0.4, 0.5) is 0 Å². The Labute approximate surface area is 116 Å². The summed E-state index contributed by atoms with van der Waals surface area (Å²) in [6, 6.07) is 9.35. The molecule has 0 aromatic heterocycles. The lowest BCUT2D eigenvalue weighted by atomic mass is 10.0. The smallest absolute Gasteiger partial charge is 0.335 e. The minimum atomic E-state index is -1.09. The molecule has 5 heteroatoms. The highest BCUT2D eigenvalue weighted by molar-refractivity contribution is 5.90. The van der Waals surface area contributed by atoms with Gasteiger partial charge in [-0.1, -0.05) is 0 Å². The van der Waals surface area contributed by atoms with Gasteiger partial charge in [-0.2, -0.15) is 0 Å². The molecule has 0 spiro atoms. The van der Waals surface area contributed by atoms with Crippen LogP contribution in [0, 0.1) is 0 Å². The van der Waals surface area contributed by atoms with Crippen molar-refractivity contribution in [3.8, 4) is 28.4 Å². The lowest BCUT2D eigenvalue weighted by molar-refractivity contribution is 0.0696. The topological polar surface area (TPSA) is 76.0 Å². The summed E-state index contributed by atoms with van der Waals surface area (Å²) in [5.41, 5.74) is 1.13. The number of rotatable bonds is 4. The van der Waals surface area contributed by atoms with E-state index in [1.807, 2.05) is 0 Å². The zero-order valence-corrected chi connectivity index (χ0v) is 11.1. The molecular formula is C15H14O5. The fourth-order valence-corrected chi connectivity index (χ4v) is 1.92. The molecule has 2 N–H and O–H groups in total. The van der Waals surface area contributed by atoms with Crippen LogP contribution in [0.5, 0.6) is 17.2 Å². The highest BCUT2D eigenvalue weighted by Gasteiger charge is 2.14. The van der Waals surface area contributed by atoms with Crippen molar-refractivity contribution in [1.82, 2.24) is 0 Å². The lowest BCUT2D eigenvalue weighted by Crippen LogP contribution is -1.96. The second-order valence-electron chi connectivity index (χ2n) is 4.10. The molecule has 20 heavy (non-hydrogen) atoms. The number of ether oxygens (including phenoxy) is 2. The Kier molecular flexibility index (Phi) is 3.79. The van der Waals surface area contributed by atoms with E-state index < -0.39 is 5.97 Å². The third-order valence-electron chi connectivity index (χ3n) is 2.94. The molecule has 2 aromatic carbocycles. The standard InChI is InChI=1S/C15H14O5/c1-19-10-4-6-14(20-2)12(8-10)11-5-3-9(15(17)18)7-13(11)16/h3-8,16H,1-2H3,(H,17,18). The molecule has 2 rings (SSSR count). The first-order chi connectivity index (χ1) is 9.56. The highest BCUT2D eigenvalue weighted by Crippen LogP contribution is 2.38. The third kappa shape index (κ3) is 2.51. The molecule has 0 radical (unpaired) electrons. The zero-order chi connectivity index (χ0) is 14.7. The number of aromatic carboxylic acids is 1. The molecule has 0 atom stereocenters. The number of phenols is 1. The van der Waals surface area contributed by atoms with Gasteiger partial charge in [0.1, 0.15) is 17.2 Å². The minimum Gasteiger partial charge on any atom is -0.507 e. The van der Waals surface area contributed by atoms with Crippen molar-refractivity contribution in [1.29, 1.82) is 0 Å². The Balaban J connectivity index is 2.58. The molecule has 0 aliphatic heterocycles. The van der Waals surface area contributed by atoms with Gasteiger partial charge in [0.15, 0.2) is 0 Å². The Morgan fingerprint density at radius 2 is 1.75 bits per heavy atom. The van der Waals surface area contributed by atoms with Gasteiger partial charge in [-0.25, -0.2) is 4.79 Å². The quantitative estimate of drug-likeness (QED) is 0.896. The van der Waals surface area contributed by atoms with E-state index in [4.69, 9.17) is 14.6 Å². The SMILES string of the molecule is COc1ccc(OC)c(-c2ccc(C(=O)O)cc2O)c1. The fraction of sp³-hybridized carbons (Fsp3) is 0.133. The molecule has 104 valence electrons. The summed E-state index contributed by atoms with van der Waals surface area (Å²) in [7, 11) is 3.06. The second-order valence-corrected chi connectivity index (χ2v) is 4.10. The number of carboxylic acids is 1. The van der Waals surface area contributed by atoms with Crippen molar-refractivity contribution in [2.75, 3.05) is 14.2 Å². The van der Waals surface area contributed by atoms with Crippen LogP contribution in [0.15, 0.2) is 36.4 Å². The van der Waals surface area contributed by atoms with Crippen molar-refractivity contribution >= 4 is 5.97 Å². The second kappa shape index (κ2) is 5.52. The van der Waals surface area contributed by atoms with Crippen LogP contribution in [0.1, 0.15) is 10.4 Å². The Hall–Kier alpha value is -2.69. The summed E-state index contributed by atoms with van der Waals surface area (Å²) in [6.07, 6.45) is 0. The van der Waals surface area contributed by atoms with Crippen molar-refractivity contribution in [3.63, 3.8) is 0 Å². The normalized spacial score (nSPS) is 10.1. The summed E-state index contributed by atoms with van der Waals surface area (Å²) in [6.45, 7) is 0. The predicted octanol–water partition coefficient (Wildman–Crippen LogP) is 2.77. The van der Waals surface area contributed by atoms with Gasteiger partial charge >= 0.3 is 5.97 Å². The van der Waals surface area contributed by atoms with Gasteiger partial charge in [0.2, 0.25) is 0 Å². The van der Waals surface area contributed by atoms with E-state index in [1.165, 1.54) is 25.3 Å². The predicted molar refractivity (Wildman–Crippen MR) is 73.6 cm³/mol. The van der Waals surface area contributed by atoms with Crippen LogP contribution in [0.3, 0.4) is 0 Å². The van der Waals surface area contributed by atoms with Crippen LogP contribution in [-0.2, 0) is 0 Å². The van der Waals surface area contributed by atoms with E-state index in [9.17, 15) is 9.90 Å². The number of hydrogen-bond acceptors (Lipinski definition) is 4. The average Bonchev–Trinajstić information content (AvgIpc) is 2.46. The highest BCUT2D eigenvalue weighted by atomic mass is 16.5. The Morgan fingerprint density at radius 3 is 2.30 bits per heavy atom. The van der Waals surface area contributed by atoms with Gasteiger partial charge in [0, 0.05) is 11.1 Å². The van der Waals surface area contributed by atoms with Crippen LogP contribution in [0.2, 0.25) is 0 Å². The first-order valence-corrected chi connectivity index (χ1v) is 5.85. The number of methoxy groups -OCH3 is 2. The van der Waals surface area contributed by atoms with Gasteiger partial charge in [-0.3, -0.25) is 0 Å². The van der Waals surface area contributed by atoms with Crippen LogP contribution in [0.25, 0.3) is 11.1 Å². The zero-order valence-electron chi connectivity index (χ0n) is 11.1. The molecule has 0 saturated heterocycles. The van der Waals surface area contributed by atoms with Crippen LogP contribution in [-0.4, -0.2) is 30.4 Å². The molecular weight excluding hydrogens is 260 g/mol. The summed E-state index contributed by atoms with van der Waals surface area (Å²) in [5.74, 6) is -0.0485. The van der Waals surface area contributed by atoms with E-state index in [-0.39, 0.29) is 11.3 Å². The van der Waals surface area contributed by atoms with E-state index in [2.05, 4.69) is 0 Å². The largest absolute Gasteiger partial charge is 0.507 e. The lowest BCUT2D eigenvalue weighted by Gasteiger charge is -2.12. The maximum Gasteiger partial charge on any atom is 0.335 e. The van der Waals surface area contributed by atoms with E-state index in [0.717, 1.165) is 0 Å². The van der Waals surface area contributed by atoms with Crippen LogP contribution < -0.4 is 9.47 Å². The van der Waals surface area contributed by atoms with Crippen molar-refractivity contribution in [3.05, 3.63) is 42.0 Å². The number of hydrogen-bond donors (Lipinski definition) is 2. The minimum absolute atomic E-state index is 0.0214. The average molecular weight is 274 g/mol. The van der Waals surface area contributed by atoms with Crippen molar-refractivity contribution in [2.24, 2.45) is 0 Å². The molecule has 0 bridgehead atoms. The molecule has 0 fully saturated rings. The van der Waals surface area contributed by atoms with E-state index in [0.29, 0.717) is 22.6 Å². The molecule has 5 nitrogen and oxygen atoms in total. The number of carboxylic acid groups (broad SMARTS) is 1. The summed E-state index contributed by atoms with van der Waals surface area (Å²) >= 11 is 0.